The second-order valence-electron chi connectivity index (χ2n) is 12.9. The number of pyridine rings is 2. The highest BCUT2D eigenvalue weighted by Gasteiger charge is 2.20. The second-order valence-corrected chi connectivity index (χ2v) is 12.9. The SMILES string of the molecule is Cc1ccc(-c2nc3ccncc3c(=O)o2)c2ccccc12.Cc1ccc(C(=O)Nc2ccncc2C(=O)NCC2CCCC2)c2ccccc12. The number of aromatic nitrogens is 3. The van der Waals surface area contributed by atoms with E-state index in [0.717, 1.165) is 45.5 Å². The lowest BCUT2D eigenvalue weighted by atomic mass is 10.00. The van der Waals surface area contributed by atoms with Gasteiger partial charge in [0.2, 0.25) is 5.89 Å². The van der Waals surface area contributed by atoms with Crippen molar-refractivity contribution in [2.45, 2.75) is 39.5 Å². The minimum absolute atomic E-state index is 0.200. The molecule has 3 heterocycles. The van der Waals surface area contributed by atoms with Crippen molar-refractivity contribution in [1.29, 1.82) is 0 Å². The topological polar surface area (TPSA) is 127 Å². The minimum atomic E-state index is -0.419. The molecule has 0 bridgehead atoms. The van der Waals surface area contributed by atoms with Crippen molar-refractivity contribution in [3.63, 3.8) is 0 Å². The summed E-state index contributed by atoms with van der Waals surface area (Å²) in [6.07, 6.45) is 11.0. The Morgan fingerprint density at radius 3 is 2.12 bits per heavy atom. The van der Waals surface area contributed by atoms with E-state index in [0.29, 0.717) is 46.1 Å². The molecule has 1 saturated carbocycles. The quantitative estimate of drug-likeness (QED) is 0.181. The summed E-state index contributed by atoms with van der Waals surface area (Å²) in [6, 6.07) is 27.0. The molecular formula is C42H37N5O4. The van der Waals surface area contributed by atoms with Gasteiger partial charge in [0.15, 0.2) is 0 Å². The Labute approximate surface area is 294 Å². The van der Waals surface area contributed by atoms with Crippen LogP contribution in [0.15, 0.2) is 119 Å². The lowest BCUT2D eigenvalue weighted by Gasteiger charge is -2.14. The minimum Gasteiger partial charge on any atom is -0.403 e. The second kappa shape index (κ2) is 14.7. The molecule has 7 aromatic rings. The van der Waals surface area contributed by atoms with Crippen molar-refractivity contribution >= 4 is 49.9 Å². The third kappa shape index (κ3) is 7.10. The molecular weight excluding hydrogens is 638 g/mol. The van der Waals surface area contributed by atoms with Crippen molar-refractivity contribution in [1.82, 2.24) is 20.3 Å². The number of hydrogen-bond acceptors (Lipinski definition) is 7. The molecule has 9 nitrogen and oxygen atoms in total. The van der Waals surface area contributed by atoms with Crippen LogP contribution in [0.3, 0.4) is 0 Å². The normalized spacial score (nSPS) is 12.8. The molecule has 0 aliphatic heterocycles. The van der Waals surface area contributed by atoms with E-state index in [9.17, 15) is 14.4 Å². The number of rotatable bonds is 6. The van der Waals surface area contributed by atoms with Gasteiger partial charge in [-0.25, -0.2) is 9.78 Å². The van der Waals surface area contributed by atoms with E-state index >= 15 is 0 Å². The van der Waals surface area contributed by atoms with Crippen molar-refractivity contribution in [2.75, 3.05) is 11.9 Å². The molecule has 51 heavy (non-hydrogen) atoms. The van der Waals surface area contributed by atoms with Crippen LogP contribution in [0.2, 0.25) is 0 Å². The molecule has 0 radical (unpaired) electrons. The highest BCUT2D eigenvalue weighted by atomic mass is 16.4. The largest absolute Gasteiger partial charge is 0.403 e. The molecule has 254 valence electrons. The molecule has 1 fully saturated rings. The average Bonchev–Trinajstić information content (AvgIpc) is 3.69. The van der Waals surface area contributed by atoms with E-state index in [-0.39, 0.29) is 11.8 Å². The number of aryl methyl sites for hydroxylation is 2. The molecule has 1 aliphatic carbocycles. The lowest BCUT2D eigenvalue weighted by molar-refractivity contribution is 0.0948. The summed E-state index contributed by atoms with van der Waals surface area (Å²) >= 11 is 0. The highest BCUT2D eigenvalue weighted by molar-refractivity contribution is 6.15. The maximum atomic E-state index is 13.0. The van der Waals surface area contributed by atoms with E-state index in [4.69, 9.17) is 4.42 Å². The molecule has 0 atom stereocenters. The Morgan fingerprint density at radius 1 is 0.706 bits per heavy atom. The highest BCUT2D eigenvalue weighted by Crippen LogP contribution is 2.30. The summed E-state index contributed by atoms with van der Waals surface area (Å²) < 4.78 is 5.42. The number of benzene rings is 4. The standard InChI is InChI=1S/C24H25N3O2.C18H12N2O2/c1-16-10-11-20(19-9-5-4-8-18(16)19)24(29)27-22-12-13-25-15-21(22)23(28)26-14-17-6-2-3-7-17;1-11-6-7-14(13-5-3-2-4-12(11)13)17-20-16-8-9-19-10-15(16)18(21)22-17/h4-5,8-13,15,17H,2-3,6-7,14H2,1H3,(H,26,28)(H,25,27,29);2-10H,1H3. The molecule has 0 unspecified atom stereocenters. The fourth-order valence-corrected chi connectivity index (χ4v) is 6.74. The van der Waals surface area contributed by atoms with Crippen molar-refractivity contribution in [3.05, 3.63) is 142 Å². The third-order valence-corrected chi connectivity index (χ3v) is 9.53. The van der Waals surface area contributed by atoms with Crippen LogP contribution in [0.4, 0.5) is 5.69 Å². The fourth-order valence-electron chi connectivity index (χ4n) is 6.74. The smallest absolute Gasteiger partial charge is 0.348 e. The predicted octanol–water partition coefficient (Wildman–Crippen LogP) is 8.43. The molecule has 2 N–H and O–H groups in total. The van der Waals surface area contributed by atoms with E-state index in [2.05, 4.69) is 38.6 Å². The Bertz CT molecular complexity index is 2470. The maximum Gasteiger partial charge on any atom is 0.348 e. The van der Waals surface area contributed by atoms with Gasteiger partial charge in [-0.3, -0.25) is 19.6 Å². The van der Waals surface area contributed by atoms with Gasteiger partial charge < -0.3 is 15.1 Å². The zero-order valence-corrected chi connectivity index (χ0v) is 28.5. The van der Waals surface area contributed by atoms with Crippen molar-refractivity contribution in [2.24, 2.45) is 5.92 Å². The van der Waals surface area contributed by atoms with Gasteiger partial charge in [0.05, 0.1) is 16.8 Å². The molecule has 3 aromatic heterocycles. The third-order valence-electron chi connectivity index (χ3n) is 9.53. The Hall–Kier alpha value is -6.22. The van der Waals surface area contributed by atoms with Gasteiger partial charge in [-0.1, -0.05) is 73.5 Å². The number of carbonyl (C=O) groups is 2. The number of fused-ring (bicyclic) bond motifs is 3. The van der Waals surface area contributed by atoms with Gasteiger partial charge in [0.25, 0.3) is 11.8 Å². The Morgan fingerprint density at radius 2 is 1.35 bits per heavy atom. The summed E-state index contributed by atoms with van der Waals surface area (Å²) in [5.74, 6) is 0.443. The first-order chi connectivity index (χ1) is 24.9. The summed E-state index contributed by atoms with van der Waals surface area (Å²) in [5, 5.41) is 10.4. The fraction of sp³-hybridized carbons (Fsp3) is 0.190. The van der Waals surface area contributed by atoms with Crippen molar-refractivity contribution < 1.29 is 14.0 Å². The van der Waals surface area contributed by atoms with Gasteiger partial charge in [-0.2, -0.15) is 0 Å². The molecule has 1 aliphatic rings. The number of carbonyl (C=O) groups excluding carboxylic acids is 2. The zero-order valence-electron chi connectivity index (χ0n) is 28.5. The first kappa shape index (κ1) is 33.3. The molecule has 9 heteroatoms. The summed E-state index contributed by atoms with van der Waals surface area (Å²) in [7, 11) is 0. The van der Waals surface area contributed by atoms with Gasteiger partial charge in [0, 0.05) is 42.5 Å². The van der Waals surface area contributed by atoms with Gasteiger partial charge >= 0.3 is 5.63 Å². The number of nitrogens with one attached hydrogen (secondary N) is 2. The zero-order chi connectivity index (χ0) is 35.3. The molecule has 0 spiro atoms. The average molecular weight is 676 g/mol. The summed E-state index contributed by atoms with van der Waals surface area (Å²) in [6.45, 7) is 4.76. The van der Waals surface area contributed by atoms with Crippen LogP contribution in [0.5, 0.6) is 0 Å². The van der Waals surface area contributed by atoms with Crippen LogP contribution in [0, 0.1) is 19.8 Å². The molecule has 2 amide bonds. The summed E-state index contributed by atoms with van der Waals surface area (Å²) in [4.78, 5) is 50.3. The van der Waals surface area contributed by atoms with E-state index in [1.165, 1.54) is 30.8 Å². The van der Waals surface area contributed by atoms with Crippen LogP contribution in [0.25, 0.3) is 43.9 Å². The van der Waals surface area contributed by atoms with E-state index in [1.54, 1.807) is 24.5 Å². The van der Waals surface area contributed by atoms with Gasteiger partial charge in [-0.05, 0) is 89.5 Å². The van der Waals surface area contributed by atoms with Crippen LogP contribution in [-0.2, 0) is 0 Å². The number of amides is 2. The summed E-state index contributed by atoms with van der Waals surface area (Å²) in [5.41, 5.74) is 4.72. The number of hydrogen-bond donors (Lipinski definition) is 2. The number of nitrogens with zero attached hydrogens (tertiary/aromatic N) is 3. The van der Waals surface area contributed by atoms with Crippen LogP contribution < -0.4 is 16.3 Å². The predicted molar refractivity (Wildman–Crippen MR) is 201 cm³/mol. The van der Waals surface area contributed by atoms with Gasteiger partial charge in [-0.15, -0.1) is 0 Å². The van der Waals surface area contributed by atoms with Crippen molar-refractivity contribution in [3.8, 4) is 11.5 Å². The first-order valence-corrected chi connectivity index (χ1v) is 17.1. The van der Waals surface area contributed by atoms with Crippen LogP contribution in [-0.4, -0.2) is 33.3 Å². The van der Waals surface area contributed by atoms with Gasteiger partial charge in [0.1, 0.15) is 5.39 Å². The van der Waals surface area contributed by atoms with E-state index in [1.807, 2.05) is 73.7 Å². The Kier molecular flexibility index (Phi) is 9.61. The lowest BCUT2D eigenvalue weighted by Crippen LogP contribution is -2.29. The van der Waals surface area contributed by atoms with Crippen LogP contribution >= 0.6 is 0 Å². The molecule has 8 rings (SSSR count). The maximum absolute atomic E-state index is 13.0. The van der Waals surface area contributed by atoms with E-state index < -0.39 is 5.63 Å². The first-order valence-electron chi connectivity index (χ1n) is 17.1. The van der Waals surface area contributed by atoms with Crippen LogP contribution in [0.1, 0.15) is 57.5 Å². The number of anilines is 1. The molecule has 0 saturated heterocycles. The Balaban J connectivity index is 0.000000165. The monoisotopic (exact) mass is 675 g/mol. The molecule has 4 aromatic carbocycles.